The number of hydrogen-bond donors (Lipinski definition) is 0. The van der Waals surface area contributed by atoms with Crippen LogP contribution in [-0.4, -0.2) is 21.1 Å². The van der Waals surface area contributed by atoms with E-state index in [1.54, 1.807) is 7.05 Å². The molecule has 0 atom stereocenters. The predicted molar refractivity (Wildman–Crippen MR) is 49.7 cm³/mol. The maximum Gasteiger partial charge on any atom is 0.0360 e. The van der Waals surface area contributed by atoms with Crippen LogP contribution in [0.4, 0.5) is 11.4 Å². The van der Waals surface area contributed by atoms with Crippen molar-refractivity contribution in [1.29, 1.82) is 0 Å². The minimum atomic E-state index is 1.02. The first-order valence-corrected chi connectivity index (χ1v) is 3.61. The van der Waals surface area contributed by atoms with E-state index < -0.39 is 0 Å². The lowest BCUT2D eigenvalue weighted by atomic mass is 10.3. The summed E-state index contributed by atoms with van der Waals surface area (Å²) in [5, 5.41) is 4.05. The van der Waals surface area contributed by atoms with E-state index in [2.05, 4.69) is 22.3 Å². The fraction of sp³-hybridized carbons (Fsp3) is 0.333. The van der Waals surface area contributed by atoms with Crippen molar-refractivity contribution in [3.63, 3.8) is 0 Å². The van der Waals surface area contributed by atoms with Gasteiger partial charge in [0.1, 0.15) is 0 Å². The van der Waals surface area contributed by atoms with Crippen molar-refractivity contribution in [1.82, 2.24) is 0 Å². The van der Waals surface area contributed by atoms with Gasteiger partial charge in [-0.2, -0.15) is 0 Å². The summed E-state index contributed by atoms with van der Waals surface area (Å²) < 4.78 is 0. The third-order valence-electron chi connectivity index (χ3n) is 1.62. The molecule has 0 heterocycles. The summed E-state index contributed by atoms with van der Waals surface area (Å²) in [5.41, 5.74) is 2.23. The Morgan fingerprint density at radius 2 is 1.64 bits per heavy atom. The summed E-state index contributed by atoms with van der Waals surface area (Å²) in [6, 6.07) is 8.13. The van der Waals surface area contributed by atoms with Crippen LogP contribution < -0.4 is 4.90 Å². The maximum atomic E-state index is 4.05. The molecule has 0 aliphatic rings. The van der Waals surface area contributed by atoms with Gasteiger partial charge in [-0.05, 0) is 12.1 Å². The molecule has 0 saturated heterocycles. The van der Waals surface area contributed by atoms with Crippen LogP contribution in [0.15, 0.2) is 24.3 Å². The Labute approximate surface area is 67.8 Å². The van der Waals surface area contributed by atoms with Gasteiger partial charge in [-0.1, -0.05) is 12.1 Å². The van der Waals surface area contributed by atoms with Gasteiger partial charge < -0.3 is 10.2 Å². The van der Waals surface area contributed by atoms with Crippen molar-refractivity contribution in [3.8, 4) is 0 Å². The molecule has 0 radical (unpaired) electrons. The van der Waals surface area contributed by atoms with Gasteiger partial charge in [-0.25, -0.2) is 0 Å². The molecule has 0 fully saturated rings. The average Bonchev–Trinajstić information content (AvgIpc) is 2.05. The van der Waals surface area contributed by atoms with Crippen molar-refractivity contribution < 1.29 is 0 Å². The topological polar surface area (TPSA) is 17.3 Å². The molecule has 0 aliphatic heterocycles. The Hall–Kier alpha value is -1.18. The summed E-state index contributed by atoms with van der Waals surface area (Å²) in [7, 11) is 5.85. The normalized spacial score (nSPS) is 9.36. The number of nitrogens with zero attached hydrogens (tertiary/aromatic N) is 2. The van der Waals surface area contributed by atoms with Crippen molar-refractivity contribution >= 4 is 11.4 Å². The Morgan fingerprint density at radius 3 is 2.00 bits per heavy atom. The van der Waals surface area contributed by atoms with Crippen LogP contribution in [0, 0.1) is 0 Å². The van der Waals surface area contributed by atoms with Crippen LogP contribution in [0.1, 0.15) is 0 Å². The van der Waals surface area contributed by atoms with Gasteiger partial charge in [-0.3, -0.25) is 0 Å². The summed E-state index contributed by atoms with van der Waals surface area (Å²) in [4.78, 5) is 2.07. The fourth-order valence-electron chi connectivity index (χ4n) is 0.900. The van der Waals surface area contributed by atoms with E-state index in [9.17, 15) is 0 Å². The Bertz CT molecular complexity index is 214. The molecule has 2 nitrogen and oxygen atoms in total. The zero-order chi connectivity index (χ0) is 8.27. The highest BCUT2D eigenvalue weighted by Gasteiger charge is 1.89. The van der Waals surface area contributed by atoms with Gasteiger partial charge in [0.05, 0.1) is 0 Å². The highest BCUT2D eigenvalue weighted by Crippen LogP contribution is 2.19. The van der Waals surface area contributed by atoms with Gasteiger partial charge in [0, 0.05) is 19.8 Å². The van der Waals surface area contributed by atoms with E-state index in [1.165, 1.54) is 5.69 Å². The second-order valence-corrected chi connectivity index (χ2v) is 2.63. The molecule has 0 unspecified atom stereocenters. The number of benzene rings is 1. The first kappa shape index (κ1) is 7.92. The van der Waals surface area contributed by atoms with E-state index >= 15 is 0 Å². The van der Waals surface area contributed by atoms with Crippen molar-refractivity contribution in [3.05, 3.63) is 29.6 Å². The molecule has 0 N–H and O–H groups in total. The van der Waals surface area contributed by atoms with Crippen molar-refractivity contribution in [2.24, 2.45) is 0 Å². The largest absolute Gasteiger partial charge is 0.687 e. The molecule has 1 aromatic carbocycles. The van der Waals surface area contributed by atoms with E-state index in [1.807, 2.05) is 26.2 Å². The van der Waals surface area contributed by atoms with Gasteiger partial charge in [0.25, 0.3) is 0 Å². The lowest BCUT2D eigenvalue weighted by Gasteiger charge is -2.17. The second-order valence-electron chi connectivity index (χ2n) is 2.63. The molecule has 1 rings (SSSR count). The molecule has 0 saturated carbocycles. The molecule has 1 aromatic rings. The molecule has 0 amide bonds. The average molecular weight is 149 g/mol. The summed E-state index contributed by atoms with van der Waals surface area (Å²) in [6.07, 6.45) is 0. The molecular weight excluding hydrogens is 136 g/mol. The molecule has 11 heavy (non-hydrogen) atoms. The highest BCUT2D eigenvalue weighted by molar-refractivity contribution is 5.56. The van der Waals surface area contributed by atoms with Gasteiger partial charge in [0.2, 0.25) is 0 Å². The quantitative estimate of drug-likeness (QED) is 0.631. The highest BCUT2D eigenvalue weighted by atomic mass is 15.1. The van der Waals surface area contributed by atoms with Crippen LogP contribution in [0.5, 0.6) is 0 Å². The number of anilines is 1. The van der Waals surface area contributed by atoms with E-state index in [-0.39, 0.29) is 0 Å². The van der Waals surface area contributed by atoms with Crippen LogP contribution in [0.2, 0.25) is 0 Å². The van der Waals surface area contributed by atoms with Gasteiger partial charge in [0.15, 0.2) is 0 Å². The minimum Gasteiger partial charge on any atom is -0.687 e. The third kappa shape index (κ3) is 1.87. The molecule has 60 valence electrons. The van der Waals surface area contributed by atoms with Gasteiger partial charge in [-0.15, -0.1) is 12.7 Å². The van der Waals surface area contributed by atoms with Crippen molar-refractivity contribution in [2.45, 2.75) is 0 Å². The van der Waals surface area contributed by atoms with E-state index in [4.69, 9.17) is 0 Å². The Kier molecular flexibility index (Phi) is 2.36. The van der Waals surface area contributed by atoms with Gasteiger partial charge >= 0.3 is 0 Å². The van der Waals surface area contributed by atoms with Crippen molar-refractivity contribution in [2.75, 3.05) is 26.0 Å². The van der Waals surface area contributed by atoms with Crippen LogP contribution >= 0.6 is 0 Å². The minimum absolute atomic E-state index is 1.02. The first-order valence-electron chi connectivity index (χ1n) is 3.61. The zero-order valence-electron chi connectivity index (χ0n) is 7.20. The SMILES string of the molecule is C[N-]c1ccc(N(C)C)cc1. The second kappa shape index (κ2) is 3.28. The predicted octanol–water partition coefficient (Wildman–Crippen LogP) is 2.39. The monoisotopic (exact) mass is 149 g/mol. The maximum absolute atomic E-state index is 4.05. The molecule has 0 aliphatic carbocycles. The summed E-state index contributed by atoms with van der Waals surface area (Å²) in [5.74, 6) is 0. The summed E-state index contributed by atoms with van der Waals surface area (Å²) in [6.45, 7) is 0. The lowest BCUT2D eigenvalue weighted by Crippen LogP contribution is -2.07. The number of hydrogen-bond acceptors (Lipinski definition) is 1. The molecule has 0 spiro atoms. The molecule has 2 heteroatoms. The zero-order valence-corrected chi connectivity index (χ0v) is 7.20. The van der Waals surface area contributed by atoms with Crippen LogP contribution in [0.3, 0.4) is 0 Å². The Morgan fingerprint density at radius 1 is 1.09 bits per heavy atom. The standard InChI is InChI=1S/C9H13N2/c1-10-8-4-6-9(7-5-8)11(2)3/h4-7H,1-3H3/q-1. The molecular formula is C9H13N2-. The van der Waals surface area contributed by atoms with Crippen LogP contribution in [-0.2, 0) is 0 Å². The summed E-state index contributed by atoms with van der Waals surface area (Å²) >= 11 is 0. The Balaban J connectivity index is 2.83. The molecule has 0 aromatic heterocycles. The molecule has 0 bridgehead atoms. The lowest BCUT2D eigenvalue weighted by molar-refractivity contribution is 1.13. The first-order chi connectivity index (χ1) is 5.24. The number of rotatable bonds is 2. The smallest absolute Gasteiger partial charge is 0.0360 e. The van der Waals surface area contributed by atoms with Crippen LogP contribution in [0.25, 0.3) is 5.32 Å². The fourth-order valence-corrected chi connectivity index (χ4v) is 0.900. The van der Waals surface area contributed by atoms with E-state index in [0.29, 0.717) is 0 Å². The third-order valence-corrected chi connectivity index (χ3v) is 1.62. The van der Waals surface area contributed by atoms with E-state index in [0.717, 1.165) is 5.69 Å².